The SMILES string of the molecule is O=c1c(-c2cnn(CC(F)(F)C(F)(F)F)c2)c(C(F)(F)F)nc2n1CCOC2. The fraction of sp³-hybridized carbons (Fsp3) is 0.500. The molecule has 1 aliphatic rings. The summed E-state index contributed by atoms with van der Waals surface area (Å²) in [6.07, 6.45) is -9.84. The molecule has 0 amide bonds. The first kappa shape index (κ1) is 20.2. The van der Waals surface area contributed by atoms with E-state index in [1.54, 1.807) is 0 Å². The van der Waals surface area contributed by atoms with Crippen molar-refractivity contribution in [1.82, 2.24) is 19.3 Å². The zero-order valence-corrected chi connectivity index (χ0v) is 13.6. The summed E-state index contributed by atoms with van der Waals surface area (Å²) in [6, 6.07) is 0. The highest BCUT2D eigenvalue weighted by Crippen LogP contribution is 2.37. The molecule has 28 heavy (non-hydrogen) atoms. The van der Waals surface area contributed by atoms with Gasteiger partial charge in [0.15, 0.2) is 5.69 Å². The summed E-state index contributed by atoms with van der Waals surface area (Å²) in [5.74, 6) is -5.44. The van der Waals surface area contributed by atoms with Crippen LogP contribution < -0.4 is 5.56 Å². The topological polar surface area (TPSA) is 61.9 Å². The minimum atomic E-state index is -5.87. The highest BCUT2D eigenvalue weighted by atomic mass is 19.4. The number of nitrogens with zero attached hydrogens (tertiary/aromatic N) is 4. The van der Waals surface area contributed by atoms with E-state index in [-0.39, 0.29) is 30.3 Å². The maximum absolute atomic E-state index is 13.4. The van der Waals surface area contributed by atoms with E-state index in [0.29, 0.717) is 12.4 Å². The molecular weight excluding hydrogens is 408 g/mol. The van der Waals surface area contributed by atoms with Crippen LogP contribution in [0.5, 0.6) is 0 Å². The van der Waals surface area contributed by atoms with Gasteiger partial charge < -0.3 is 4.74 Å². The van der Waals surface area contributed by atoms with Crippen LogP contribution in [0.15, 0.2) is 17.2 Å². The Morgan fingerprint density at radius 3 is 2.39 bits per heavy atom. The van der Waals surface area contributed by atoms with Gasteiger partial charge in [-0.05, 0) is 0 Å². The first-order valence-electron chi connectivity index (χ1n) is 7.57. The Labute approximate surface area is 150 Å². The van der Waals surface area contributed by atoms with Crippen molar-refractivity contribution in [2.75, 3.05) is 6.61 Å². The number of aromatic nitrogens is 4. The summed E-state index contributed by atoms with van der Waals surface area (Å²) in [5, 5.41) is 3.24. The average Bonchev–Trinajstić information content (AvgIpc) is 3.00. The summed E-state index contributed by atoms with van der Waals surface area (Å²) in [4.78, 5) is 15.9. The van der Waals surface area contributed by atoms with Crippen molar-refractivity contribution in [3.05, 3.63) is 34.3 Å². The van der Waals surface area contributed by atoms with Crippen molar-refractivity contribution < 1.29 is 39.9 Å². The Balaban J connectivity index is 2.10. The van der Waals surface area contributed by atoms with E-state index in [0.717, 1.165) is 4.57 Å². The molecule has 0 fully saturated rings. The van der Waals surface area contributed by atoms with E-state index >= 15 is 0 Å². The molecule has 0 unspecified atom stereocenters. The zero-order chi connectivity index (χ0) is 20.9. The standard InChI is InChI=1S/C14H10F8N4O2/c15-12(16,14(20,21)22)6-25-4-7(3-23-25)9-10(13(17,18)19)24-8-5-28-2-1-26(8)11(9)27/h3-4H,1-2,5-6H2. The third-order valence-corrected chi connectivity index (χ3v) is 3.90. The van der Waals surface area contributed by atoms with Crippen LogP contribution in [0, 0.1) is 0 Å². The molecular formula is C14H10F8N4O2. The summed E-state index contributed by atoms with van der Waals surface area (Å²) >= 11 is 0. The quantitative estimate of drug-likeness (QED) is 0.720. The van der Waals surface area contributed by atoms with Crippen molar-refractivity contribution in [2.24, 2.45) is 0 Å². The van der Waals surface area contributed by atoms with E-state index in [9.17, 15) is 39.9 Å². The van der Waals surface area contributed by atoms with Gasteiger partial charge in [0.05, 0.1) is 24.9 Å². The number of fused-ring (bicyclic) bond motifs is 1. The lowest BCUT2D eigenvalue weighted by Crippen LogP contribution is -2.40. The second-order valence-corrected chi connectivity index (χ2v) is 5.89. The van der Waals surface area contributed by atoms with Crippen LogP contribution in [0.4, 0.5) is 35.1 Å². The molecule has 0 radical (unpaired) electrons. The minimum Gasteiger partial charge on any atom is -0.372 e. The van der Waals surface area contributed by atoms with Crippen molar-refractivity contribution in [1.29, 1.82) is 0 Å². The van der Waals surface area contributed by atoms with E-state index in [1.165, 1.54) is 0 Å². The van der Waals surface area contributed by atoms with Crippen molar-refractivity contribution >= 4 is 0 Å². The summed E-state index contributed by atoms with van der Waals surface area (Å²) in [7, 11) is 0. The highest BCUT2D eigenvalue weighted by molar-refractivity contribution is 5.64. The van der Waals surface area contributed by atoms with E-state index < -0.39 is 47.2 Å². The van der Waals surface area contributed by atoms with Gasteiger partial charge in [0.1, 0.15) is 19.0 Å². The van der Waals surface area contributed by atoms with Crippen LogP contribution in [0.25, 0.3) is 11.1 Å². The molecule has 0 spiro atoms. The first-order valence-corrected chi connectivity index (χ1v) is 7.57. The fourth-order valence-corrected chi connectivity index (χ4v) is 2.60. The molecule has 6 nitrogen and oxygen atoms in total. The van der Waals surface area contributed by atoms with Crippen molar-refractivity contribution in [3.63, 3.8) is 0 Å². The second-order valence-electron chi connectivity index (χ2n) is 5.89. The molecule has 0 saturated heterocycles. The Bertz CT molecular complexity index is 944. The molecule has 3 rings (SSSR count). The van der Waals surface area contributed by atoms with Gasteiger partial charge in [-0.3, -0.25) is 14.0 Å². The Morgan fingerprint density at radius 1 is 1.11 bits per heavy atom. The molecule has 3 heterocycles. The molecule has 14 heteroatoms. The molecule has 2 aromatic rings. The van der Waals surface area contributed by atoms with Crippen LogP contribution >= 0.6 is 0 Å². The van der Waals surface area contributed by atoms with Gasteiger partial charge in [-0.15, -0.1) is 0 Å². The molecule has 0 aromatic carbocycles. The lowest BCUT2D eigenvalue weighted by molar-refractivity contribution is -0.287. The predicted molar refractivity (Wildman–Crippen MR) is 75.4 cm³/mol. The second kappa shape index (κ2) is 6.53. The van der Waals surface area contributed by atoms with Gasteiger partial charge in [-0.25, -0.2) is 4.98 Å². The van der Waals surface area contributed by atoms with E-state index in [2.05, 4.69) is 10.1 Å². The Morgan fingerprint density at radius 2 is 1.79 bits per heavy atom. The summed E-state index contributed by atoms with van der Waals surface area (Å²) in [5.41, 5.74) is -4.29. The Hall–Kier alpha value is -2.51. The number of alkyl halides is 8. The van der Waals surface area contributed by atoms with Crippen molar-refractivity contribution in [3.8, 4) is 11.1 Å². The normalized spacial score (nSPS) is 15.6. The number of hydrogen-bond acceptors (Lipinski definition) is 4. The Kier molecular flexibility index (Phi) is 4.72. The van der Waals surface area contributed by atoms with Crippen LogP contribution in [-0.4, -0.2) is 38.0 Å². The number of hydrogen-bond donors (Lipinski definition) is 0. The van der Waals surface area contributed by atoms with Gasteiger partial charge in [-0.1, -0.05) is 0 Å². The fourth-order valence-electron chi connectivity index (χ4n) is 2.60. The molecule has 1 aliphatic heterocycles. The van der Waals surface area contributed by atoms with Crippen molar-refractivity contribution in [2.45, 2.75) is 38.0 Å². The van der Waals surface area contributed by atoms with Crippen LogP contribution in [0.2, 0.25) is 0 Å². The molecule has 0 saturated carbocycles. The van der Waals surface area contributed by atoms with Gasteiger partial charge in [0.2, 0.25) is 0 Å². The van der Waals surface area contributed by atoms with E-state index in [1.807, 2.05) is 0 Å². The number of ether oxygens (including phenoxy) is 1. The van der Waals surface area contributed by atoms with Crippen LogP contribution in [0.3, 0.4) is 0 Å². The molecule has 0 bridgehead atoms. The molecule has 154 valence electrons. The maximum Gasteiger partial charge on any atom is 0.455 e. The van der Waals surface area contributed by atoms with Gasteiger partial charge in [0.25, 0.3) is 5.56 Å². The smallest absolute Gasteiger partial charge is 0.372 e. The third kappa shape index (κ3) is 3.59. The van der Waals surface area contributed by atoms with Crippen LogP contribution in [-0.2, 0) is 30.6 Å². The lowest BCUT2D eigenvalue weighted by Gasteiger charge is -2.21. The molecule has 0 N–H and O–H groups in total. The maximum atomic E-state index is 13.4. The monoisotopic (exact) mass is 418 g/mol. The van der Waals surface area contributed by atoms with Crippen LogP contribution in [0.1, 0.15) is 11.5 Å². The summed E-state index contributed by atoms with van der Waals surface area (Å²) in [6.45, 7) is -2.34. The van der Waals surface area contributed by atoms with Gasteiger partial charge in [-0.2, -0.15) is 40.2 Å². The number of halogens is 8. The van der Waals surface area contributed by atoms with Gasteiger partial charge in [0, 0.05) is 11.8 Å². The van der Waals surface area contributed by atoms with E-state index in [4.69, 9.17) is 4.74 Å². The van der Waals surface area contributed by atoms with Gasteiger partial charge >= 0.3 is 18.3 Å². The highest BCUT2D eigenvalue weighted by Gasteiger charge is 2.57. The zero-order valence-electron chi connectivity index (χ0n) is 13.6. The molecule has 0 aliphatic carbocycles. The number of rotatable bonds is 3. The lowest BCUT2D eigenvalue weighted by atomic mass is 10.1. The third-order valence-electron chi connectivity index (χ3n) is 3.90. The molecule has 0 atom stereocenters. The molecule has 2 aromatic heterocycles. The minimum absolute atomic E-state index is 0.0382. The predicted octanol–water partition coefficient (Wildman–Crippen LogP) is 2.85. The largest absolute Gasteiger partial charge is 0.455 e. The first-order chi connectivity index (χ1) is 12.8. The summed E-state index contributed by atoms with van der Waals surface area (Å²) < 4.78 is 109. The average molecular weight is 418 g/mol.